The van der Waals surface area contributed by atoms with E-state index < -0.39 is 0 Å². The van der Waals surface area contributed by atoms with Gasteiger partial charge >= 0.3 is 0 Å². The summed E-state index contributed by atoms with van der Waals surface area (Å²) in [5, 5.41) is 0. The summed E-state index contributed by atoms with van der Waals surface area (Å²) in [6.07, 6.45) is 2.76. The standard InChI is InChI=1S/C9H17NO/c1-3-11-7-9-4-8(5-9)10(2)6-9/h8H,3-7H2,1-2H3. The Kier molecular flexibility index (Phi) is 1.69. The molecule has 64 valence electrons. The highest BCUT2D eigenvalue weighted by molar-refractivity contribution is 5.06. The Labute approximate surface area is 68.5 Å². The molecule has 2 bridgehead atoms. The van der Waals surface area contributed by atoms with Crippen LogP contribution in [-0.2, 0) is 4.74 Å². The lowest BCUT2D eigenvalue weighted by molar-refractivity contribution is 0.0275. The first-order valence-corrected chi connectivity index (χ1v) is 4.54. The van der Waals surface area contributed by atoms with Gasteiger partial charge in [-0.15, -0.1) is 0 Å². The van der Waals surface area contributed by atoms with Crippen LogP contribution in [0.5, 0.6) is 0 Å². The van der Waals surface area contributed by atoms with Crippen LogP contribution >= 0.6 is 0 Å². The number of nitrogens with zero attached hydrogens (tertiary/aromatic N) is 1. The van der Waals surface area contributed by atoms with Crippen molar-refractivity contribution in [2.45, 2.75) is 25.8 Å². The molecule has 2 nitrogen and oxygen atoms in total. The Bertz CT molecular complexity index is 152. The molecule has 0 atom stereocenters. The summed E-state index contributed by atoms with van der Waals surface area (Å²) in [5.74, 6) is 0. The third kappa shape index (κ3) is 1.09. The fourth-order valence-corrected chi connectivity index (χ4v) is 2.52. The zero-order chi connectivity index (χ0) is 7.90. The van der Waals surface area contributed by atoms with E-state index in [4.69, 9.17) is 4.74 Å². The maximum Gasteiger partial charge on any atom is 0.0535 e. The van der Waals surface area contributed by atoms with Crippen LogP contribution in [0, 0.1) is 5.41 Å². The van der Waals surface area contributed by atoms with Gasteiger partial charge in [-0.1, -0.05) is 0 Å². The van der Waals surface area contributed by atoms with Crippen LogP contribution in [0.15, 0.2) is 0 Å². The molecule has 0 unspecified atom stereocenters. The average Bonchev–Trinajstić information content (AvgIpc) is 2.36. The lowest BCUT2D eigenvalue weighted by atomic mass is 9.71. The maximum absolute atomic E-state index is 5.48. The number of fused-ring (bicyclic) bond motifs is 1. The summed E-state index contributed by atoms with van der Waals surface area (Å²) in [6.45, 7) is 5.20. The molecule has 1 aliphatic carbocycles. The summed E-state index contributed by atoms with van der Waals surface area (Å²) >= 11 is 0. The smallest absolute Gasteiger partial charge is 0.0535 e. The van der Waals surface area contributed by atoms with E-state index >= 15 is 0 Å². The van der Waals surface area contributed by atoms with Gasteiger partial charge in [0.05, 0.1) is 6.61 Å². The molecule has 0 aromatic carbocycles. The lowest BCUT2D eigenvalue weighted by Crippen LogP contribution is -2.37. The Morgan fingerprint density at radius 3 is 2.73 bits per heavy atom. The molecule has 11 heavy (non-hydrogen) atoms. The molecule has 3 aliphatic rings. The first kappa shape index (κ1) is 7.56. The van der Waals surface area contributed by atoms with Crippen molar-refractivity contribution in [3.8, 4) is 0 Å². The molecule has 0 radical (unpaired) electrons. The second-order valence-electron chi connectivity index (χ2n) is 4.11. The van der Waals surface area contributed by atoms with Crippen LogP contribution in [0.25, 0.3) is 0 Å². The summed E-state index contributed by atoms with van der Waals surface area (Å²) in [7, 11) is 2.23. The van der Waals surface area contributed by atoms with E-state index in [0.29, 0.717) is 5.41 Å². The molecule has 0 aromatic rings. The Hall–Kier alpha value is -0.0800. The van der Waals surface area contributed by atoms with Crippen LogP contribution in [0.4, 0.5) is 0 Å². The molecule has 3 rings (SSSR count). The zero-order valence-electron chi connectivity index (χ0n) is 7.47. The van der Waals surface area contributed by atoms with E-state index in [2.05, 4.69) is 18.9 Å². The van der Waals surface area contributed by atoms with Gasteiger partial charge in [-0.3, -0.25) is 0 Å². The van der Waals surface area contributed by atoms with Gasteiger partial charge in [0.1, 0.15) is 0 Å². The van der Waals surface area contributed by atoms with E-state index in [-0.39, 0.29) is 0 Å². The second-order valence-corrected chi connectivity index (χ2v) is 4.11. The van der Waals surface area contributed by atoms with E-state index in [0.717, 1.165) is 19.3 Å². The van der Waals surface area contributed by atoms with Gasteiger partial charge in [-0.25, -0.2) is 0 Å². The molecular weight excluding hydrogens is 138 g/mol. The molecule has 0 aromatic heterocycles. The molecular formula is C9H17NO. The summed E-state index contributed by atoms with van der Waals surface area (Å²) in [4.78, 5) is 2.47. The van der Waals surface area contributed by atoms with Gasteiger partial charge in [0.2, 0.25) is 0 Å². The van der Waals surface area contributed by atoms with Crippen molar-refractivity contribution in [3.63, 3.8) is 0 Å². The van der Waals surface area contributed by atoms with Gasteiger partial charge in [-0.2, -0.15) is 0 Å². The molecule has 0 amide bonds. The summed E-state index contributed by atoms with van der Waals surface area (Å²) in [6, 6.07) is 0.885. The topological polar surface area (TPSA) is 12.5 Å². The molecule has 0 spiro atoms. The van der Waals surface area contributed by atoms with Gasteiger partial charge in [0, 0.05) is 24.6 Å². The maximum atomic E-state index is 5.48. The quantitative estimate of drug-likeness (QED) is 0.605. The lowest BCUT2D eigenvalue weighted by Gasteiger charge is -2.36. The van der Waals surface area contributed by atoms with Crippen LogP contribution < -0.4 is 0 Å². The van der Waals surface area contributed by atoms with Crippen LogP contribution in [0.3, 0.4) is 0 Å². The molecule has 2 heterocycles. The van der Waals surface area contributed by atoms with Crippen molar-refractivity contribution >= 4 is 0 Å². The Morgan fingerprint density at radius 1 is 1.55 bits per heavy atom. The third-order valence-electron chi connectivity index (χ3n) is 3.16. The van der Waals surface area contributed by atoms with Crippen molar-refractivity contribution in [2.24, 2.45) is 5.41 Å². The van der Waals surface area contributed by atoms with Gasteiger partial charge in [-0.05, 0) is 26.8 Å². The fraction of sp³-hybridized carbons (Fsp3) is 1.00. The minimum Gasteiger partial charge on any atom is -0.381 e. The number of hydrogen-bond acceptors (Lipinski definition) is 2. The summed E-state index contributed by atoms with van der Waals surface area (Å²) < 4.78 is 5.48. The minimum absolute atomic E-state index is 0.565. The van der Waals surface area contributed by atoms with Crippen LogP contribution in [-0.4, -0.2) is 37.7 Å². The van der Waals surface area contributed by atoms with Gasteiger partial charge < -0.3 is 9.64 Å². The van der Waals surface area contributed by atoms with Crippen molar-refractivity contribution in [1.82, 2.24) is 4.90 Å². The largest absolute Gasteiger partial charge is 0.381 e. The molecule has 1 saturated carbocycles. The molecule has 0 N–H and O–H groups in total. The minimum atomic E-state index is 0.565. The molecule has 3 fully saturated rings. The monoisotopic (exact) mass is 155 g/mol. The van der Waals surface area contributed by atoms with Crippen molar-refractivity contribution < 1.29 is 4.74 Å². The first-order chi connectivity index (χ1) is 5.26. The van der Waals surface area contributed by atoms with Crippen molar-refractivity contribution in [2.75, 3.05) is 26.8 Å². The number of ether oxygens (including phenoxy) is 1. The SMILES string of the molecule is CCOCC12CC(C1)N(C)C2. The Balaban J connectivity index is 1.86. The van der Waals surface area contributed by atoms with E-state index in [1.807, 2.05) is 0 Å². The molecule has 2 saturated heterocycles. The highest BCUT2D eigenvalue weighted by Crippen LogP contribution is 2.50. The fourth-order valence-electron chi connectivity index (χ4n) is 2.52. The predicted octanol–water partition coefficient (Wildman–Crippen LogP) is 1.12. The highest BCUT2D eigenvalue weighted by atomic mass is 16.5. The van der Waals surface area contributed by atoms with Gasteiger partial charge in [0.25, 0.3) is 0 Å². The van der Waals surface area contributed by atoms with Gasteiger partial charge in [0.15, 0.2) is 0 Å². The van der Waals surface area contributed by atoms with Crippen LogP contribution in [0.2, 0.25) is 0 Å². The van der Waals surface area contributed by atoms with Crippen molar-refractivity contribution in [1.29, 1.82) is 0 Å². The normalized spacial score (nSPS) is 42.5. The predicted molar refractivity (Wildman–Crippen MR) is 44.6 cm³/mol. The highest BCUT2D eigenvalue weighted by Gasteiger charge is 2.53. The van der Waals surface area contributed by atoms with Crippen LogP contribution in [0.1, 0.15) is 19.8 Å². The van der Waals surface area contributed by atoms with E-state index in [1.165, 1.54) is 19.4 Å². The Morgan fingerprint density at radius 2 is 2.27 bits per heavy atom. The number of rotatable bonds is 3. The third-order valence-corrected chi connectivity index (χ3v) is 3.16. The van der Waals surface area contributed by atoms with E-state index in [9.17, 15) is 0 Å². The van der Waals surface area contributed by atoms with E-state index in [1.54, 1.807) is 0 Å². The average molecular weight is 155 g/mol. The zero-order valence-corrected chi connectivity index (χ0v) is 7.47. The molecule has 2 aliphatic heterocycles. The van der Waals surface area contributed by atoms with Crippen molar-refractivity contribution in [3.05, 3.63) is 0 Å². The second kappa shape index (κ2) is 2.46. The number of hydrogen-bond donors (Lipinski definition) is 0. The molecule has 2 heteroatoms. The summed E-state index contributed by atoms with van der Waals surface area (Å²) in [5.41, 5.74) is 0.565. The first-order valence-electron chi connectivity index (χ1n) is 4.54.